The number of rotatable bonds is 3. The summed E-state index contributed by atoms with van der Waals surface area (Å²) < 4.78 is 16.9. The van der Waals surface area contributed by atoms with Gasteiger partial charge in [0.05, 0.1) is 6.34 Å². The molecule has 0 unspecified atom stereocenters. The number of nitrogens with two attached hydrogens (primary N) is 1. The van der Waals surface area contributed by atoms with Crippen LogP contribution in [-0.4, -0.2) is 6.34 Å². The summed E-state index contributed by atoms with van der Waals surface area (Å²) in [7, 11) is -2.98. The van der Waals surface area contributed by atoms with E-state index in [9.17, 15) is 4.57 Å². The molecule has 0 heterocycles. The van der Waals surface area contributed by atoms with Gasteiger partial charge in [0.25, 0.3) is 0 Å². The molecule has 0 atom stereocenters. The first-order valence-corrected chi connectivity index (χ1v) is 6.90. The van der Waals surface area contributed by atoms with Crippen LogP contribution in [0, 0.1) is 0 Å². The fourth-order valence-corrected chi connectivity index (χ4v) is 3.54. The lowest BCUT2D eigenvalue weighted by Gasteiger charge is -2.13. The maximum absolute atomic E-state index is 12.9. The number of nitrogens with zero attached hydrogens (tertiary/aromatic N) is 1. The van der Waals surface area contributed by atoms with E-state index >= 15 is 0 Å². The topological polar surface area (TPSA) is 55.4 Å². The highest BCUT2D eigenvalue weighted by molar-refractivity contribution is 7.77. The van der Waals surface area contributed by atoms with Crippen molar-refractivity contribution >= 4 is 24.2 Å². The molecule has 0 aromatic heterocycles. The van der Waals surface area contributed by atoms with Crippen molar-refractivity contribution in [3.63, 3.8) is 0 Å². The van der Waals surface area contributed by atoms with E-state index in [1.165, 1.54) is 0 Å². The van der Waals surface area contributed by atoms with Crippen LogP contribution in [0.4, 0.5) is 0 Å². The van der Waals surface area contributed by atoms with Crippen LogP contribution >= 0.6 is 7.29 Å². The maximum Gasteiger partial charge on any atom is 0.248 e. The molecule has 2 aromatic carbocycles. The van der Waals surface area contributed by atoms with Crippen LogP contribution in [0.3, 0.4) is 0 Å². The van der Waals surface area contributed by atoms with Crippen molar-refractivity contribution in [3.8, 4) is 0 Å². The predicted molar refractivity (Wildman–Crippen MR) is 72.4 cm³/mol. The Bertz CT molecular complexity index is 509. The molecular formula is C13H13N2OP. The number of hydrogen-bond acceptors (Lipinski definition) is 1. The van der Waals surface area contributed by atoms with Gasteiger partial charge in [0.1, 0.15) is 0 Å². The molecule has 86 valence electrons. The Labute approximate surface area is 100 Å². The van der Waals surface area contributed by atoms with Gasteiger partial charge >= 0.3 is 0 Å². The Kier molecular flexibility index (Phi) is 3.40. The molecule has 0 fully saturated rings. The van der Waals surface area contributed by atoms with Crippen molar-refractivity contribution in [2.45, 2.75) is 0 Å². The highest BCUT2D eigenvalue weighted by Gasteiger charge is 2.25. The van der Waals surface area contributed by atoms with Gasteiger partial charge in [-0.3, -0.25) is 4.57 Å². The average Bonchev–Trinajstić information content (AvgIpc) is 2.41. The van der Waals surface area contributed by atoms with E-state index in [1.54, 1.807) is 24.3 Å². The Hall–Kier alpha value is -1.86. The van der Waals surface area contributed by atoms with Crippen LogP contribution in [0.1, 0.15) is 0 Å². The quantitative estimate of drug-likeness (QED) is 0.509. The van der Waals surface area contributed by atoms with Gasteiger partial charge < -0.3 is 5.73 Å². The first kappa shape index (κ1) is 11.6. The minimum Gasteiger partial charge on any atom is -0.390 e. The van der Waals surface area contributed by atoms with E-state index in [0.29, 0.717) is 10.6 Å². The SMILES string of the molecule is N/C=N\P(=O)(c1ccccc1)c1ccccc1. The predicted octanol–water partition coefficient (Wildman–Crippen LogP) is 1.90. The summed E-state index contributed by atoms with van der Waals surface area (Å²) in [6.07, 6.45) is 1.11. The van der Waals surface area contributed by atoms with E-state index in [0.717, 1.165) is 6.34 Å². The Morgan fingerprint density at radius 2 is 1.29 bits per heavy atom. The zero-order valence-corrected chi connectivity index (χ0v) is 10.1. The van der Waals surface area contributed by atoms with Gasteiger partial charge in [0.2, 0.25) is 7.29 Å². The lowest BCUT2D eigenvalue weighted by Crippen LogP contribution is -2.14. The summed E-state index contributed by atoms with van der Waals surface area (Å²) in [5.41, 5.74) is 5.33. The zero-order valence-electron chi connectivity index (χ0n) is 9.23. The van der Waals surface area contributed by atoms with Crippen molar-refractivity contribution in [3.05, 3.63) is 60.7 Å². The third-order valence-electron chi connectivity index (χ3n) is 2.44. The van der Waals surface area contributed by atoms with E-state index in [4.69, 9.17) is 5.73 Å². The molecule has 0 bridgehead atoms. The highest BCUT2D eigenvalue weighted by atomic mass is 31.2. The van der Waals surface area contributed by atoms with Crippen LogP contribution in [0.2, 0.25) is 0 Å². The third kappa shape index (κ3) is 2.29. The first-order chi connectivity index (χ1) is 8.27. The number of hydrogen-bond donors (Lipinski definition) is 1. The van der Waals surface area contributed by atoms with Gasteiger partial charge in [0.15, 0.2) is 0 Å². The van der Waals surface area contributed by atoms with Crippen molar-refractivity contribution in [2.24, 2.45) is 10.5 Å². The van der Waals surface area contributed by atoms with E-state index in [1.807, 2.05) is 36.4 Å². The van der Waals surface area contributed by atoms with Crippen molar-refractivity contribution in [1.82, 2.24) is 0 Å². The Morgan fingerprint density at radius 1 is 0.882 bits per heavy atom. The summed E-state index contributed by atoms with van der Waals surface area (Å²) in [5, 5.41) is 1.38. The van der Waals surface area contributed by atoms with Gasteiger partial charge in [-0.25, -0.2) is 4.76 Å². The second-order valence-corrected chi connectivity index (χ2v) is 5.93. The average molecular weight is 244 g/mol. The van der Waals surface area contributed by atoms with Crippen molar-refractivity contribution in [1.29, 1.82) is 0 Å². The van der Waals surface area contributed by atoms with Crippen LogP contribution in [-0.2, 0) is 4.57 Å². The fourth-order valence-electron chi connectivity index (χ4n) is 1.64. The Balaban J connectivity index is 2.60. The normalized spacial score (nSPS) is 11.8. The number of benzene rings is 2. The molecule has 0 aliphatic heterocycles. The summed E-state index contributed by atoms with van der Waals surface area (Å²) in [4.78, 5) is 0. The van der Waals surface area contributed by atoms with E-state index in [-0.39, 0.29) is 0 Å². The van der Waals surface area contributed by atoms with Gasteiger partial charge in [-0.1, -0.05) is 36.4 Å². The Morgan fingerprint density at radius 3 is 1.65 bits per heavy atom. The minimum absolute atomic E-state index is 0.688. The van der Waals surface area contributed by atoms with E-state index < -0.39 is 7.29 Å². The molecule has 0 spiro atoms. The third-order valence-corrected chi connectivity index (χ3v) is 4.90. The van der Waals surface area contributed by atoms with Crippen LogP contribution in [0.15, 0.2) is 65.4 Å². The molecule has 0 radical (unpaired) electrons. The lowest BCUT2D eigenvalue weighted by atomic mass is 10.4. The molecule has 2 aromatic rings. The van der Waals surface area contributed by atoms with Crippen molar-refractivity contribution < 1.29 is 4.57 Å². The minimum atomic E-state index is -2.98. The maximum atomic E-state index is 12.9. The molecule has 2 rings (SSSR count). The molecule has 0 aliphatic carbocycles. The molecule has 3 nitrogen and oxygen atoms in total. The molecule has 0 saturated carbocycles. The van der Waals surface area contributed by atoms with Gasteiger partial charge in [-0.05, 0) is 24.3 Å². The summed E-state index contributed by atoms with van der Waals surface area (Å²) in [6, 6.07) is 18.4. The van der Waals surface area contributed by atoms with Crippen LogP contribution in [0.5, 0.6) is 0 Å². The van der Waals surface area contributed by atoms with Gasteiger partial charge in [-0.2, -0.15) is 0 Å². The largest absolute Gasteiger partial charge is 0.390 e. The van der Waals surface area contributed by atoms with Crippen LogP contribution < -0.4 is 16.3 Å². The van der Waals surface area contributed by atoms with Crippen molar-refractivity contribution in [2.75, 3.05) is 0 Å². The second-order valence-electron chi connectivity index (χ2n) is 3.51. The van der Waals surface area contributed by atoms with E-state index in [2.05, 4.69) is 4.76 Å². The molecule has 17 heavy (non-hydrogen) atoms. The second kappa shape index (κ2) is 4.98. The monoisotopic (exact) mass is 244 g/mol. The molecular weight excluding hydrogens is 231 g/mol. The lowest BCUT2D eigenvalue weighted by molar-refractivity contribution is 0.588. The fraction of sp³-hybridized carbons (Fsp3) is 0. The molecule has 0 amide bonds. The molecule has 0 aliphatic rings. The summed E-state index contributed by atoms with van der Waals surface area (Å²) >= 11 is 0. The van der Waals surface area contributed by atoms with Gasteiger partial charge in [0, 0.05) is 10.6 Å². The highest BCUT2D eigenvalue weighted by Crippen LogP contribution is 2.44. The summed E-state index contributed by atoms with van der Waals surface area (Å²) in [5.74, 6) is 0. The van der Waals surface area contributed by atoms with Crippen LogP contribution in [0.25, 0.3) is 0 Å². The van der Waals surface area contributed by atoms with Gasteiger partial charge in [-0.15, -0.1) is 0 Å². The standard InChI is InChI=1S/C13H13N2OP/c14-11-15-17(16,12-7-3-1-4-8-12)13-9-5-2-6-10-13/h1-11H,(H2,14,15,16). The molecule has 0 saturated heterocycles. The smallest absolute Gasteiger partial charge is 0.248 e. The zero-order chi connectivity index (χ0) is 12.1. The molecule has 2 N–H and O–H groups in total. The summed E-state index contributed by atoms with van der Waals surface area (Å²) in [6.45, 7) is 0. The first-order valence-electron chi connectivity index (χ1n) is 5.24. The molecule has 4 heteroatoms.